The number of rotatable bonds is 3. The van der Waals surface area contributed by atoms with Gasteiger partial charge in [0.1, 0.15) is 0 Å². The van der Waals surface area contributed by atoms with Crippen molar-refractivity contribution in [1.82, 2.24) is 10.3 Å². The molecule has 1 aromatic heterocycles. The zero-order valence-corrected chi connectivity index (χ0v) is 8.15. The molecular weight excluding hydrogens is 148 g/mol. The third kappa shape index (κ3) is 3.58. The minimum absolute atomic E-state index is 0.232. The van der Waals surface area contributed by atoms with E-state index in [-0.39, 0.29) is 5.54 Å². The summed E-state index contributed by atoms with van der Waals surface area (Å²) in [5.74, 6) is 0. The summed E-state index contributed by atoms with van der Waals surface area (Å²) in [6, 6.07) is 2.12. The Labute approximate surface area is 74.4 Å². The van der Waals surface area contributed by atoms with E-state index in [1.54, 1.807) is 0 Å². The molecule has 2 heteroatoms. The second-order valence-corrected chi connectivity index (χ2v) is 4.15. The van der Waals surface area contributed by atoms with Gasteiger partial charge in [0.2, 0.25) is 0 Å². The summed E-state index contributed by atoms with van der Waals surface area (Å²) in [6.07, 6.45) is 5.11. The molecule has 2 nitrogen and oxygen atoms in total. The van der Waals surface area contributed by atoms with Gasteiger partial charge in [-0.2, -0.15) is 0 Å². The average molecular weight is 166 g/mol. The van der Waals surface area contributed by atoms with Crippen LogP contribution in [0.2, 0.25) is 0 Å². The fourth-order valence-electron chi connectivity index (χ4n) is 1.10. The van der Waals surface area contributed by atoms with Crippen molar-refractivity contribution in [3.05, 3.63) is 24.0 Å². The van der Waals surface area contributed by atoms with E-state index in [1.807, 2.05) is 12.4 Å². The lowest BCUT2D eigenvalue weighted by molar-refractivity contribution is 0.429. The Hall–Kier alpha value is -0.760. The predicted molar refractivity (Wildman–Crippen MR) is 52.3 cm³/mol. The molecule has 0 radical (unpaired) electrons. The van der Waals surface area contributed by atoms with Gasteiger partial charge in [-0.25, -0.2) is 0 Å². The SMILES string of the molecule is CC(C)(C)NCCc1cc[nH]c1. The van der Waals surface area contributed by atoms with E-state index in [2.05, 4.69) is 37.1 Å². The van der Waals surface area contributed by atoms with Gasteiger partial charge in [-0.05, 0) is 45.4 Å². The lowest BCUT2D eigenvalue weighted by Gasteiger charge is -2.20. The van der Waals surface area contributed by atoms with Crippen LogP contribution in [-0.2, 0) is 6.42 Å². The smallest absolute Gasteiger partial charge is 0.00966 e. The summed E-state index contributed by atoms with van der Waals surface area (Å²) >= 11 is 0. The van der Waals surface area contributed by atoms with Crippen LogP contribution in [0.5, 0.6) is 0 Å². The maximum Gasteiger partial charge on any atom is 0.00966 e. The molecule has 2 N–H and O–H groups in total. The van der Waals surface area contributed by atoms with Crippen molar-refractivity contribution >= 4 is 0 Å². The predicted octanol–water partition coefficient (Wildman–Crippen LogP) is 1.95. The molecular formula is C10H18N2. The zero-order chi connectivity index (χ0) is 9.03. The summed E-state index contributed by atoms with van der Waals surface area (Å²) in [7, 11) is 0. The largest absolute Gasteiger partial charge is 0.367 e. The molecule has 0 fully saturated rings. The van der Waals surface area contributed by atoms with Crippen molar-refractivity contribution in [3.8, 4) is 0 Å². The molecule has 0 saturated carbocycles. The summed E-state index contributed by atoms with van der Waals surface area (Å²) in [4.78, 5) is 3.05. The number of nitrogens with one attached hydrogen (secondary N) is 2. The van der Waals surface area contributed by atoms with Crippen molar-refractivity contribution < 1.29 is 0 Å². The lowest BCUT2D eigenvalue weighted by Crippen LogP contribution is -2.37. The quantitative estimate of drug-likeness (QED) is 0.705. The Kier molecular flexibility index (Phi) is 2.93. The van der Waals surface area contributed by atoms with Crippen LogP contribution < -0.4 is 5.32 Å². The van der Waals surface area contributed by atoms with Gasteiger partial charge in [0.15, 0.2) is 0 Å². The van der Waals surface area contributed by atoms with E-state index in [0.29, 0.717) is 0 Å². The van der Waals surface area contributed by atoms with Crippen LogP contribution in [0.1, 0.15) is 26.3 Å². The molecule has 0 saturated heterocycles. The van der Waals surface area contributed by atoms with Crippen molar-refractivity contribution in [2.45, 2.75) is 32.7 Å². The molecule has 0 atom stereocenters. The molecule has 12 heavy (non-hydrogen) atoms. The second kappa shape index (κ2) is 3.76. The molecule has 0 aliphatic carbocycles. The molecule has 0 aromatic carbocycles. The maximum absolute atomic E-state index is 3.45. The fraction of sp³-hybridized carbons (Fsp3) is 0.600. The molecule has 1 rings (SSSR count). The van der Waals surface area contributed by atoms with Gasteiger partial charge in [0, 0.05) is 17.9 Å². The average Bonchev–Trinajstić information content (AvgIpc) is 2.36. The van der Waals surface area contributed by atoms with E-state index < -0.39 is 0 Å². The fourth-order valence-corrected chi connectivity index (χ4v) is 1.10. The Morgan fingerprint density at radius 1 is 1.42 bits per heavy atom. The van der Waals surface area contributed by atoms with Crippen LogP contribution in [-0.4, -0.2) is 17.1 Å². The maximum atomic E-state index is 3.45. The van der Waals surface area contributed by atoms with Gasteiger partial charge in [0.25, 0.3) is 0 Å². The minimum atomic E-state index is 0.232. The molecule has 0 spiro atoms. The van der Waals surface area contributed by atoms with Gasteiger partial charge in [-0.1, -0.05) is 0 Å². The monoisotopic (exact) mass is 166 g/mol. The molecule has 0 bridgehead atoms. The first-order valence-corrected chi connectivity index (χ1v) is 4.45. The molecule has 68 valence electrons. The molecule has 0 aliphatic heterocycles. The molecule has 0 aliphatic rings. The highest BCUT2D eigenvalue weighted by Gasteiger charge is 2.07. The number of H-pyrrole nitrogens is 1. The van der Waals surface area contributed by atoms with Gasteiger partial charge < -0.3 is 10.3 Å². The van der Waals surface area contributed by atoms with Crippen LogP contribution in [0.15, 0.2) is 18.5 Å². The number of aromatic nitrogens is 1. The Balaban J connectivity index is 2.20. The summed E-state index contributed by atoms with van der Waals surface area (Å²) in [5, 5.41) is 3.45. The zero-order valence-electron chi connectivity index (χ0n) is 8.15. The summed E-state index contributed by atoms with van der Waals surface area (Å²) in [5.41, 5.74) is 1.60. The normalized spacial score (nSPS) is 11.9. The first-order chi connectivity index (χ1) is 5.58. The van der Waals surface area contributed by atoms with E-state index in [0.717, 1.165) is 13.0 Å². The van der Waals surface area contributed by atoms with Crippen molar-refractivity contribution in [1.29, 1.82) is 0 Å². The topological polar surface area (TPSA) is 27.8 Å². The molecule has 1 aromatic rings. The highest BCUT2D eigenvalue weighted by Crippen LogP contribution is 2.00. The van der Waals surface area contributed by atoms with Crippen molar-refractivity contribution in [3.63, 3.8) is 0 Å². The van der Waals surface area contributed by atoms with E-state index >= 15 is 0 Å². The van der Waals surface area contributed by atoms with Crippen LogP contribution in [0, 0.1) is 0 Å². The second-order valence-electron chi connectivity index (χ2n) is 4.15. The standard InChI is InChI=1S/C10H18N2/c1-10(2,3)12-7-5-9-4-6-11-8-9/h4,6,8,11-12H,5,7H2,1-3H3. The first-order valence-electron chi connectivity index (χ1n) is 4.45. The Morgan fingerprint density at radius 3 is 2.67 bits per heavy atom. The van der Waals surface area contributed by atoms with Crippen LogP contribution in [0.4, 0.5) is 0 Å². The van der Waals surface area contributed by atoms with Gasteiger partial charge in [-0.3, -0.25) is 0 Å². The highest BCUT2D eigenvalue weighted by atomic mass is 14.9. The highest BCUT2D eigenvalue weighted by molar-refractivity contribution is 5.08. The van der Waals surface area contributed by atoms with Gasteiger partial charge in [-0.15, -0.1) is 0 Å². The summed E-state index contributed by atoms with van der Waals surface area (Å²) < 4.78 is 0. The first kappa shape index (κ1) is 9.33. The number of hydrogen-bond acceptors (Lipinski definition) is 1. The number of hydrogen-bond donors (Lipinski definition) is 2. The van der Waals surface area contributed by atoms with Crippen molar-refractivity contribution in [2.24, 2.45) is 0 Å². The molecule has 1 heterocycles. The molecule has 0 unspecified atom stereocenters. The summed E-state index contributed by atoms with van der Waals surface area (Å²) in [6.45, 7) is 7.60. The third-order valence-electron chi connectivity index (χ3n) is 1.73. The van der Waals surface area contributed by atoms with Crippen molar-refractivity contribution in [2.75, 3.05) is 6.54 Å². The minimum Gasteiger partial charge on any atom is -0.367 e. The molecule has 0 amide bonds. The number of aromatic amines is 1. The van der Waals surface area contributed by atoms with E-state index in [9.17, 15) is 0 Å². The Bertz CT molecular complexity index is 206. The van der Waals surface area contributed by atoms with Gasteiger partial charge >= 0.3 is 0 Å². The van der Waals surface area contributed by atoms with Crippen LogP contribution in [0.3, 0.4) is 0 Å². The van der Waals surface area contributed by atoms with E-state index in [1.165, 1.54) is 5.56 Å². The third-order valence-corrected chi connectivity index (χ3v) is 1.73. The Morgan fingerprint density at radius 2 is 2.17 bits per heavy atom. The van der Waals surface area contributed by atoms with Crippen LogP contribution in [0.25, 0.3) is 0 Å². The lowest BCUT2D eigenvalue weighted by atomic mass is 10.1. The van der Waals surface area contributed by atoms with Crippen LogP contribution >= 0.6 is 0 Å². The van der Waals surface area contributed by atoms with Gasteiger partial charge in [0.05, 0.1) is 0 Å². The van der Waals surface area contributed by atoms with E-state index in [4.69, 9.17) is 0 Å².